The highest BCUT2D eigenvalue weighted by Gasteiger charge is 2.41. The lowest BCUT2D eigenvalue weighted by Gasteiger charge is -2.33. The quantitative estimate of drug-likeness (QED) is 0.345. The lowest BCUT2D eigenvalue weighted by atomic mass is 9.90. The molecular formula is C24H24N8O3S. The summed E-state index contributed by atoms with van der Waals surface area (Å²) in [5.41, 5.74) is 6.66. The first-order chi connectivity index (χ1) is 17.4. The van der Waals surface area contributed by atoms with E-state index in [1.54, 1.807) is 29.3 Å². The Morgan fingerprint density at radius 1 is 1.17 bits per heavy atom. The van der Waals surface area contributed by atoms with Crippen LogP contribution in [0.1, 0.15) is 25.3 Å². The first-order valence-corrected chi connectivity index (χ1v) is 13.1. The van der Waals surface area contributed by atoms with Crippen molar-refractivity contribution in [3.8, 4) is 11.6 Å². The number of rotatable bonds is 5. The van der Waals surface area contributed by atoms with Crippen molar-refractivity contribution in [1.82, 2.24) is 34.7 Å². The SMILES string of the molecule is C[C@](C(=O)NC1CC[S+]([O-])CC1)(c1ccccc1)n1ncc2c1nc(N)n1nc(-c3ccco3)nc21. The predicted octanol–water partition coefficient (Wildman–Crippen LogP) is 2.11. The summed E-state index contributed by atoms with van der Waals surface area (Å²) >= 11 is -0.821. The molecule has 0 bridgehead atoms. The molecule has 0 spiro atoms. The van der Waals surface area contributed by atoms with Gasteiger partial charge in [0.15, 0.2) is 22.6 Å². The topological polar surface area (TPSA) is 152 Å². The van der Waals surface area contributed by atoms with Gasteiger partial charge in [-0.2, -0.15) is 14.6 Å². The Kier molecular flexibility index (Phi) is 5.41. The molecule has 1 aliphatic rings. The number of nitrogens with zero attached hydrogens (tertiary/aromatic N) is 6. The maximum Gasteiger partial charge on any atom is 0.252 e. The smallest absolute Gasteiger partial charge is 0.252 e. The fourth-order valence-corrected chi connectivity index (χ4v) is 5.92. The highest BCUT2D eigenvalue weighted by atomic mass is 32.2. The van der Waals surface area contributed by atoms with Crippen molar-refractivity contribution in [2.45, 2.75) is 31.3 Å². The molecule has 5 heterocycles. The van der Waals surface area contributed by atoms with Gasteiger partial charge >= 0.3 is 0 Å². The van der Waals surface area contributed by atoms with Gasteiger partial charge in [-0.3, -0.25) is 4.79 Å². The molecule has 1 amide bonds. The van der Waals surface area contributed by atoms with Crippen molar-refractivity contribution in [1.29, 1.82) is 0 Å². The first kappa shape index (κ1) is 22.6. The Balaban J connectivity index is 1.48. The summed E-state index contributed by atoms with van der Waals surface area (Å²) in [4.78, 5) is 23.1. The summed E-state index contributed by atoms with van der Waals surface area (Å²) in [6.07, 6.45) is 4.51. The van der Waals surface area contributed by atoms with E-state index in [4.69, 9.17) is 10.2 Å². The third-order valence-corrected chi connectivity index (χ3v) is 8.08. The molecule has 1 saturated heterocycles. The summed E-state index contributed by atoms with van der Waals surface area (Å²) in [5.74, 6) is 1.91. The van der Waals surface area contributed by atoms with E-state index < -0.39 is 16.7 Å². The Labute approximate surface area is 208 Å². The summed E-state index contributed by atoms with van der Waals surface area (Å²) in [7, 11) is 0. The predicted molar refractivity (Wildman–Crippen MR) is 134 cm³/mol. The van der Waals surface area contributed by atoms with Crippen LogP contribution in [0.15, 0.2) is 59.3 Å². The monoisotopic (exact) mass is 504 g/mol. The van der Waals surface area contributed by atoms with Crippen LogP contribution >= 0.6 is 0 Å². The first-order valence-electron chi connectivity index (χ1n) is 11.6. The molecule has 0 aliphatic carbocycles. The standard InChI is InChI=1S/C24H24N8O3S/c1-24(15-6-3-2-4-7-15,22(33)27-16-9-12-36(34)13-10-16)32-21-17(14-26-32)20-28-19(18-8-5-11-35-18)30-31(20)23(25)29-21/h2-8,11,14,16H,9-10,12-13H2,1H3,(H2,25,29)(H,27,33)/t16?,24-,36?/m1/s1. The van der Waals surface area contributed by atoms with Crippen LogP contribution in [0.25, 0.3) is 28.3 Å². The number of nitrogens with two attached hydrogens (primary N) is 1. The number of anilines is 1. The fourth-order valence-electron chi connectivity index (χ4n) is 4.62. The van der Waals surface area contributed by atoms with E-state index in [1.165, 1.54) is 4.52 Å². The number of nitrogen functional groups attached to an aromatic ring is 1. The van der Waals surface area contributed by atoms with Gasteiger partial charge in [-0.1, -0.05) is 41.5 Å². The summed E-state index contributed by atoms with van der Waals surface area (Å²) in [6, 6.07) is 12.9. The number of furan rings is 1. The van der Waals surface area contributed by atoms with Crippen molar-refractivity contribution in [2.24, 2.45) is 0 Å². The Morgan fingerprint density at radius 2 is 1.94 bits per heavy atom. The number of carbonyl (C=O) groups is 1. The average Bonchev–Trinajstić information content (AvgIpc) is 3.65. The minimum atomic E-state index is -1.23. The van der Waals surface area contributed by atoms with E-state index in [0.717, 1.165) is 5.56 Å². The van der Waals surface area contributed by atoms with Gasteiger partial charge in [0.05, 0.1) is 17.8 Å². The van der Waals surface area contributed by atoms with Crippen LogP contribution in [-0.4, -0.2) is 57.4 Å². The van der Waals surface area contributed by atoms with Crippen molar-refractivity contribution in [2.75, 3.05) is 17.2 Å². The average molecular weight is 505 g/mol. The van der Waals surface area contributed by atoms with Crippen LogP contribution in [0.5, 0.6) is 0 Å². The molecule has 11 nitrogen and oxygen atoms in total. The highest BCUT2D eigenvalue weighted by Crippen LogP contribution is 2.32. The molecule has 1 atom stereocenters. The van der Waals surface area contributed by atoms with Crippen LogP contribution in [0.4, 0.5) is 5.95 Å². The van der Waals surface area contributed by atoms with E-state index in [2.05, 4.69) is 25.5 Å². The van der Waals surface area contributed by atoms with Crippen molar-refractivity contribution in [3.63, 3.8) is 0 Å². The van der Waals surface area contributed by atoms with Gasteiger partial charge in [-0.05, 0) is 24.6 Å². The van der Waals surface area contributed by atoms with Crippen LogP contribution < -0.4 is 11.1 Å². The number of amides is 1. The number of fused-ring (bicyclic) bond motifs is 3. The number of benzene rings is 1. The van der Waals surface area contributed by atoms with Gasteiger partial charge in [0.2, 0.25) is 11.8 Å². The number of hydrogen-bond donors (Lipinski definition) is 2. The molecule has 3 N–H and O–H groups in total. The van der Waals surface area contributed by atoms with Crippen molar-refractivity contribution >= 4 is 39.7 Å². The van der Waals surface area contributed by atoms with E-state index in [-0.39, 0.29) is 17.9 Å². The summed E-state index contributed by atoms with van der Waals surface area (Å²) < 4.78 is 20.3. The zero-order valence-electron chi connectivity index (χ0n) is 19.5. The number of hydrogen-bond acceptors (Lipinski definition) is 8. The molecule has 12 heteroatoms. The van der Waals surface area contributed by atoms with E-state index in [0.29, 0.717) is 52.6 Å². The van der Waals surface area contributed by atoms with Gasteiger partial charge in [-0.25, -0.2) is 9.67 Å². The molecule has 0 saturated carbocycles. The fraction of sp³-hybridized carbons (Fsp3) is 0.292. The summed E-state index contributed by atoms with van der Waals surface area (Å²) in [5, 5.41) is 12.8. The minimum Gasteiger partial charge on any atom is -0.616 e. The van der Waals surface area contributed by atoms with E-state index in [9.17, 15) is 9.35 Å². The van der Waals surface area contributed by atoms with Gasteiger partial charge < -0.3 is 20.0 Å². The zero-order chi connectivity index (χ0) is 24.9. The molecular weight excluding hydrogens is 480 g/mol. The van der Waals surface area contributed by atoms with Crippen LogP contribution in [-0.2, 0) is 21.5 Å². The second kappa shape index (κ2) is 8.64. The molecule has 6 rings (SSSR count). The van der Waals surface area contributed by atoms with Gasteiger partial charge in [0.1, 0.15) is 11.5 Å². The van der Waals surface area contributed by atoms with Crippen molar-refractivity contribution < 1.29 is 13.8 Å². The van der Waals surface area contributed by atoms with Crippen LogP contribution in [0, 0.1) is 0 Å². The molecule has 0 unspecified atom stereocenters. The van der Waals surface area contributed by atoms with Crippen LogP contribution in [0.3, 0.4) is 0 Å². The summed E-state index contributed by atoms with van der Waals surface area (Å²) in [6.45, 7) is 1.81. The second-order valence-corrected chi connectivity index (χ2v) is 10.6. The molecule has 5 aromatic rings. The molecule has 36 heavy (non-hydrogen) atoms. The maximum atomic E-state index is 13.9. The molecule has 1 aromatic carbocycles. The second-order valence-electron chi connectivity index (χ2n) is 8.95. The highest BCUT2D eigenvalue weighted by molar-refractivity contribution is 7.91. The number of nitrogens with one attached hydrogen (secondary N) is 1. The molecule has 1 aliphatic heterocycles. The van der Waals surface area contributed by atoms with Gasteiger partial charge in [0, 0.05) is 18.9 Å². The van der Waals surface area contributed by atoms with E-state index in [1.807, 2.05) is 37.3 Å². The number of aromatic nitrogens is 6. The van der Waals surface area contributed by atoms with E-state index >= 15 is 0 Å². The molecule has 1 fully saturated rings. The molecule has 184 valence electrons. The lowest BCUT2D eigenvalue weighted by molar-refractivity contribution is -0.128. The van der Waals surface area contributed by atoms with Crippen LogP contribution in [0.2, 0.25) is 0 Å². The van der Waals surface area contributed by atoms with Gasteiger partial charge in [0.25, 0.3) is 5.91 Å². The molecule has 4 aromatic heterocycles. The zero-order valence-corrected chi connectivity index (χ0v) is 20.3. The number of carbonyl (C=O) groups excluding carboxylic acids is 1. The van der Waals surface area contributed by atoms with Gasteiger partial charge in [-0.15, -0.1) is 5.10 Å². The Morgan fingerprint density at radius 3 is 2.67 bits per heavy atom. The third kappa shape index (κ3) is 3.60. The maximum absolute atomic E-state index is 13.9. The largest absolute Gasteiger partial charge is 0.616 e. The normalized spacial score (nSPS) is 19.9. The minimum absolute atomic E-state index is 0.0582. The lowest BCUT2D eigenvalue weighted by Crippen LogP contribution is -2.52. The molecule has 0 radical (unpaired) electrons. The van der Waals surface area contributed by atoms with Crippen molar-refractivity contribution in [3.05, 3.63) is 60.5 Å². The third-order valence-electron chi connectivity index (χ3n) is 6.70. The Hall–Kier alpha value is -3.90. The Bertz CT molecular complexity index is 1540.